The minimum Gasteiger partial charge on any atom is -0.383 e. The number of aromatic nitrogens is 1. The molecule has 0 aliphatic heterocycles. The molecule has 0 aliphatic rings. The number of carbonyl (C=O) groups excluding carboxylic acids is 1. The molecule has 7 heteroatoms. The second-order valence-corrected chi connectivity index (χ2v) is 7.05. The first-order valence-electron chi connectivity index (χ1n) is 9.24. The smallest absolute Gasteiger partial charge is 0.322 e. The molecule has 1 heterocycles. The minimum atomic E-state index is -0.401. The summed E-state index contributed by atoms with van der Waals surface area (Å²) in [7, 11) is 1.59. The van der Waals surface area contributed by atoms with E-state index in [2.05, 4.69) is 9.88 Å². The van der Waals surface area contributed by atoms with Gasteiger partial charge in [-0.1, -0.05) is 29.8 Å². The first-order valence-corrected chi connectivity index (χ1v) is 9.62. The van der Waals surface area contributed by atoms with Gasteiger partial charge in [0.25, 0.3) is 0 Å². The molecule has 29 heavy (non-hydrogen) atoms. The molecule has 0 spiro atoms. The predicted molar refractivity (Wildman–Crippen MR) is 113 cm³/mol. The van der Waals surface area contributed by atoms with Gasteiger partial charge >= 0.3 is 6.03 Å². The number of carbonyl (C=O) groups is 1. The van der Waals surface area contributed by atoms with Gasteiger partial charge in [0, 0.05) is 42.8 Å². The van der Waals surface area contributed by atoms with Gasteiger partial charge in [0.1, 0.15) is 5.82 Å². The molecule has 0 bridgehead atoms. The fourth-order valence-corrected chi connectivity index (χ4v) is 3.21. The summed E-state index contributed by atoms with van der Waals surface area (Å²) in [4.78, 5) is 14.4. The molecule has 0 fully saturated rings. The number of benzene rings is 2. The monoisotopic (exact) mass is 415 g/mol. The standard InChI is InChI=1S/C22H23ClFN3O2/c1-29-12-11-27(22(28)25-20-8-3-7-19(24)14-20)16-21-9-4-10-26(21)15-17-5-2-6-18(23)13-17/h2-10,13-14H,11-12,15-16H2,1H3,(H,25,28). The predicted octanol–water partition coefficient (Wildman–Crippen LogP) is 5.01. The number of methoxy groups -OCH3 is 1. The van der Waals surface area contributed by atoms with Crippen LogP contribution in [0.3, 0.4) is 0 Å². The summed E-state index contributed by atoms with van der Waals surface area (Å²) in [5.74, 6) is -0.401. The molecule has 1 aromatic heterocycles. The number of nitrogens with zero attached hydrogens (tertiary/aromatic N) is 2. The second-order valence-electron chi connectivity index (χ2n) is 6.61. The van der Waals surface area contributed by atoms with Gasteiger partial charge in [-0.3, -0.25) is 0 Å². The van der Waals surface area contributed by atoms with Crippen LogP contribution < -0.4 is 5.32 Å². The second kappa shape index (κ2) is 10.1. The molecule has 2 aromatic carbocycles. The molecule has 3 rings (SSSR count). The topological polar surface area (TPSA) is 46.5 Å². The third-order valence-corrected chi connectivity index (χ3v) is 4.68. The number of nitrogens with one attached hydrogen (secondary N) is 1. The van der Waals surface area contributed by atoms with Crippen molar-refractivity contribution in [1.29, 1.82) is 0 Å². The molecule has 5 nitrogen and oxygen atoms in total. The van der Waals surface area contributed by atoms with Gasteiger partial charge in [-0.2, -0.15) is 0 Å². The van der Waals surface area contributed by atoms with Crippen molar-refractivity contribution < 1.29 is 13.9 Å². The summed E-state index contributed by atoms with van der Waals surface area (Å²) < 4.78 is 20.6. The number of ether oxygens (including phenoxy) is 1. The SMILES string of the molecule is COCCN(Cc1cccn1Cc1cccc(Cl)c1)C(=O)Nc1cccc(F)c1. The highest BCUT2D eigenvalue weighted by Crippen LogP contribution is 2.16. The Morgan fingerprint density at radius 1 is 1.17 bits per heavy atom. The van der Waals surface area contributed by atoms with Crippen molar-refractivity contribution in [3.05, 3.63) is 89.0 Å². The quantitative estimate of drug-likeness (QED) is 0.562. The minimum absolute atomic E-state index is 0.317. The van der Waals surface area contributed by atoms with Crippen LogP contribution in [0.1, 0.15) is 11.3 Å². The Labute approximate surface area is 174 Å². The van der Waals surface area contributed by atoms with Crippen molar-refractivity contribution in [1.82, 2.24) is 9.47 Å². The van der Waals surface area contributed by atoms with E-state index in [4.69, 9.17) is 16.3 Å². The van der Waals surface area contributed by atoms with Crippen molar-refractivity contribution in [3.63, 3.8) is 0 Å². The van der Waals surface area contributed by atoms with E-state index >= 15 is 0 Å². The summed E-state index contributed by atoms with van der Waals surface area (Å²) in [6.45, 7) is 1.83. The maximum atomic E-state index is 13.4. The van der Waals surface area contributed by atoms with Gasteiger partial charge in [-0.25, -0.2) is 9.18 Å². The fourth-order valence-electron chi connectivity index (χ4n) is 3.00. The van der Waals surface area contributed by atoms with Crippen LogP contribution in [0.25, 0.3) is 0 Å². The number of urea groups is 1. The van der Waals surface area contributed by atoms with E-state index in [0.29, 0.717) is 37.0 Å². The number of rotatable bonds is 8. The number of amides is 2. The van der Waals surface area contributed by atoms with Crippen molar-refractivity contribution in [3.8, 4) is 0 Å². The van der Waals surface area contributed by atoms with Crippen molar-refractivity contribution in [2.45, 2.75) is 13.1 Å². The summed E-state index contributed by atoms with van der Waals surface area (Å²) in [6.07, 6.45) is 1.97. The zero-order valence-electron chi connectivity index (χ0n) is 16.1. The van der Waals surface area contributed by atoms with Crippen LogP contribution in [-0.4, -0.2) is 35.8 Å². The van der Waals surface area contributed by atoms with E-state index in [-0.39, 0.29) is 6.03 Å². The molecule has 0 unspecified atom stereocenters. The summed E-state index contributed by atoms with van der Waals surface area (Å²) in [5, 5.41) is 3.43. The Bertz CT molecular complexity index is 960. The summed E-state index contributed by atoms with van der Waals surface area (Å²) in [6, 6.07) is 17.1. The highest BCUT2D eigenvalue weighted by molar-refractivity contribution is 6.30. The lowest BCUT2D eigenvalue weighted by molar-refractivity contribution is 0.152. The molecule has 3 aromatic rings. The first-order chi connectivity index (χ1) is 14.0. The van der Waals surface area contributed by atoms with Gasteiger partial charge in [-0.15, -0.1) is 0 Å². The molecular weight excluding hydrogens is 393 g/mol. The van der Waals surface area contributed by atoms with E-state index in [1.54, 1.807) is 24.1 Å². The van der Waals surface area contributed by atoms with Crippen LogP contribution in [-0.2, 0) is 17.8 Å². The van der Waals surface area contributed by atoms with E-state index in [1.807, 2.05) is 42.6 Å². The van der Waals surface area contributed by atoms with Gasteiger partial charge in [0.2, 0.25) is 0 Å². The lowest BCUT2D eigenvalue weighted by atomic mass is 10.2. The van der Waals surface area contributed by atoms with E-state index < -0.39 is 5.82 Å². The van der Waals surface area contributed by atoms with Gasteiger partial charge in [0.05, 0.1) is 13.2 Å². The Hall–Kier alpha value is -2.83. The maximum absolute atomic E-state index is 13.4. The molecule has 0 radical (unpaired) electrons. The molecule has 0 aliphatic carbocycles. The van der Waals surface area contributed by atoms with Crippen LogP contribution in [0.5, 0.6) is 0 Å². The van der Waals surface area contributed by atoms with Crippen LogP contribution in [0.2, 0.25) is 5.02 Å². The Morgan fingerprint density at radius 2 is 2.00 bits per heavy atom. The third kappa shape index (κ3) is 6.07. The fraction of sp³-hybridized carbons (Fsp3) is 0.227. The number of hydrogen-bond acceptors (Lipinski definition) is 2. The van der Waals surface area contributed by atoms with Crippen molar-refractivity contribution in [2.24, 2.45) is 0 Å². The average Bonchev–Trinajstić information content (AvgIpc) is 3.11. The van der Waals surface area contributed by atoms with Crippen LogP contribution >= 0.6 is 11.6 Å². The van der Waals surface area contributed by atoms with Crippen molar-refractivity contribution >= 4 is 23.3 Å². The maximum Gasteiger partial charge on any atom is 0.322 e. The molecule has 0 saturated carbocycles. The average molecular weight is 416 g/mol. The zero-order valence-corrected chi connectivity index (χ0v) is 16.9. The van der Waals surface area contributed by atoms with E-state index in [0.717, 1.165) is 11.3 Å². The van der Waals surface area contributed by atoms with Crippen LogP contribution in [0, 0.1) is 5.82 Å². The van der Waals surface area contributed by atoms with E-state index in [1.165, 1.54) is 12.1 Å². The largest absolute Gasteiger partial charge is 0.383 e. The van der Waals surface area contributed by atoms with Crippen LogP contribution in [0.4, 0.5) is 14.9 Å². The molecule has 1 N–H and O–H groups in total. The first kappa shape index (κ1) is 20.9. The van der Waals surface area contributed by atoms with Crippen LogP contribution in [0.15, 0.2) is 66.9 Å². The summed E-state index contributed by atoms with van der Waals surface area (Å²) >= 11 is 6.09. The molecule has 152 valence electrons. The van der Waals surface area contributed by atoms with Crippen molar-refractivity contribution in [2.75, 3.05) is 25.6 Å². The molecule has 2 amide bonds. The molecule has 0 atom stereocenters. The Kier molecular flexibility index (Phi) is 7.27. The van der Waals surface area contributed by atoms with Gasteiger partial charge < -0.3 is 19.5 Å². The normalized spacial score (nSPS) is 10.7. The van der Waals surface area contributed by atoms with Gasteiger partial charge in [0.15, 0.2) is 0 Å². The zero-order chi connectivity index (χ0) is 20.6. The number of anilines is 1. The number of hydrogen-bond donors (Lipinski definition) is 1. The Balaban J connectivity index is 1.73. The summed E-state index contributed by atoms with van der Waals surface area (Å²) in [5.41, 5.74) is 2.45. The lowest BCUT2D eigenvalue weighted by Crippen LogP contribution is -2.37. The molecule has 0 saturated heterocycles. The lowest BCUT2D eigenvalue weighted by Gasteiger charge is -2.24. The van der Waals surface area contributed by atoms with Gasteiger partial charge in [-0.05, 0) is 48.0 Å². The highest BCUT2D eigenvalue weighted by Gasteiger charge is 2.16. The number of halogens is 2. The third-order valence-electron chi connectivity index (χ3n) is 4.45. The molecular formula is C22H23ClFN3O2. The van der Waals surface area contributed by atoms with E-state index in [9.17, 15) is 9.18 Å². The highest BCUT2D eigenvalue weighted by atomic mass is 35.5. The Morgan fingerprint density at radius 3 is 2.76 bits per heavy atom.